The predicted molar refractivity (Wildman–Crippen MR) is 113 cm³/mol. The Bertz CT molecular complexity index is 894. The number of aliphatic hydroxyl groups is 1. The first-order valence-electron chi connectivity index (χ1n) is 9.97. The molecule has 0 saturated carbocycles. The lowest BCUT2D eigenvalue weighted by molar-refractivity contribution is -0.142. The normalized spacial score (nSPS) is 16.3. The molecule has 2 aromatic rings. The van der Waals surface area contributed by atoms with Crippen molar-refractivity contribution >= 4 is 28.7 Å². The van der Waals surface area contributed by atoms with E-state index < -0.39 is 42.0 Å². The van der Waals surface area contributed by atoms with Crippen LogP contribution in [0.5, 0.6) is 0 Å². The molecule has 7 N–H and O–H groups in total. The van der Waals surface area contributed by atoms with Gasteiger partial charge in [-0.15, -0.1) is 0 Å². The summed E-state index contributed by atoms with van der Waals surface area (Å²) in [5.74, 6) is -2.72. The topological polar surface area (TPSA) is 158 Å². The van der Waals surface area contributed by atoms with E-state index in [1.54, 1.807) is 13.1 Å². The molecule has 0 radical (unpaired) electrons. The Labute approximate surface area is 175 Å². The van der Waals surface area contributed by atoms with Gasteiger partial charge < -0.3 is 31.6 Å². The molecule has 9 nitrogen and oxygen atoms in total. The second-order valence-electron chi connectivity index (χ2n) is 7.60. The number of aromatic amines is 1. The van der Waals surface area contributed by atoms with Crippen LogP contribution in [-0.2, 0) is 20.8 Å². The van der Waals surface area contributed by atoms with E-state index in [-0.39, 0.29) is 12.3 Å². The van der Waals surface area contributed by atoms with Gasteiger partial charge in [0.15, 0.2) is 0 Å². The molecule has 2 rings (SSSR count). The summed E-state index contributed by atoms with van der Waals surface area (Å²) in [6.07, 6.45) is 1.30. The molecule has 0 fully saturated rings. The molecule has 0 aliphatic heterocycles. The molecule has 30 heavy (non-hydrogen) atoms. The first-order valence-corrected chi connectivity index (χ1v) is 9.97. The van der Waals surface area contributed by atoms with E-state index in [1.807, 2.05) is 31.2 Å². The van der Waals surface area contributed by atoms with E-state index in [0.29, 0.717) is 6.42 Å². The van der Waals surface area contributed by atoms with Crippen LogP contribution in [-0.4, -0.2) is 57.2 Å². The van der Waals surface area contributed by atoms with Crippen molar-refractivity contribution in [3.63, 3.8) is 0 Å². The number of amides is 2. The Kier molecular flexibility index (Phi) is 7.96. The van der Waals surface area contributed by atoms with Gasteiger partial charge in [-0.05, 0) is 24.5 Å². The summed E-state index contributed by atoms with van der Waals surface area (Å²) >= 11 is 0. The summed E-state index contributed by atoms with van der Waals surface area (Å²) in [6, 6.07) is 4.15. The third-order valence-electron chi connectivity index (χ3n) is 5.33. The smallest absolute Gasteiger partial charge is 0.326 e. The predicted octanol–water partition coefficient (Wildman–Crippen LogP) is 0.519. The fourth-order valence-corrected chi connectivity index (χ4v) is 3.15. The monoisotopic (exact) mass is 418 g/mol. The average molecular weight is 418 g/mol. The van der Waals surface area contributed by atoms with Gasteiger partial charge in [0.25, 0.3) is 0 Å². The first-order chi connectivity index (χ1) is 14.1. The molecular weight excluding hydrogens is 388 g/mol. The van der Waals surface area contributed by atoms with Gasteiger partial charge in [0.2, 0.25) is 11.8 Å². The number of para-hydroxylation sites is 1. The van der Waals surface area contributed by atoms with E-state index in [0.717, 1.165) is 16.5 Å². The SMILES string of the molecule is CCC(C)C(NC(=O)C(N)C(C)O)C(=O)NC(Cc1c[nH]c2ccccc12)C(=O)O. The zero-order valence-corrected chi connectivity index (χ0v) is 17.4. The van der Waals surface area contributed by atoms with Crippen molar-refractivity contribution in [2.24, 2.45) is 11.7 Å². The molecule has 1 aromatic heterocycles. The highest BCUT2D eigenvalue weighted by Crippen LogP contribution is 2.19. The number of hydrogen-bond acceptors (Lipinski definition) is 5. The lowest BCUT2D eigenvalue weighted by Gasteiger charge is -2.27. The van der Waals surface area contributed by atoms with Crippen LogP contribution in [0, 0.1) is 5.92 Å². The zero-order chi connectivity index (χ0) is 22.4. The average Bonchev–Trinajstić information content (AvgIpc) is 3.12. The van der Waals surface area contributed by atoms with Gasteiger partial charge in [0.1, 0.15) is 18.1 Å². The van der Waals surface area contributed by atoms with Crippen molar-refractivity contribution in [3.8, 4) is 0 Å². The molecule has 0 aliphatic carbocycles. The number of nitrogens with two attached hydrogens (primary N) is 1. The van der Waals surface area contributed by atoms with Gasteiger partial charge in [0.05, 0.1) is 6.10 Å². The molecule has 5 atom stereocenters. The Morgan fingerprint density at radius 3 is 2.40 bits per heavy atom. The fraction of sp³-hybridized carbons (Fsp3) is 0.476. The van der Waals surface area contributed by atoms with Crippen LogP contribution in [0.15, 0.2) is 30.5 Å². The minimum atomic E-state index is -1.19. The number of nitrogens with one attached hydrogen (secondary N) is 3. The van der Waals surface area contributed by atoms with E-state index in [2.05, 4.69) is 15.6 Å². The summed E-state index contributed by atoms with van der Waals surface area (Å²) in [5, 5.41) is 25.1. The summed E-state index contributed by atoms with van der Waals surface area (Å²) in [7, 11) is 0. The van der Waals surface area contributed by atoms with E-state index in [4.69, 9.17) is 5.73 Å². The fourth-order valence-electron chi connectivity index (χ4n) is 3.15. The molecule has 1 heterocycles. The number of carbonyl (C=O) groups excluding carboxylic acids is 2. The number of aromatic nitrogens is 1. The van der Waals surface area contributed by atoms with Crippen LogP contribution in [0.2, 0.25) is 0 Å². The van der Waals surface area contributed by atoms with E-state index >= 15 is 0 Å². The largest absolute Gasteiger partial charge is 0.480 e. The molecule has 0 spiro atoms. The van der Waals surface area contributed by atoms with Crippen molar-refractivity contribution in [1.82, 2.24) is 15.6 Å². The second-order valence-corrected chi connectivity index (χ2v) is 7.60. The number of rotatable bonds is 10. The highest BCUT2D eigenvalue weighted by molar-refractivity contribution is 5.92. The van der Waals surface area contributed by atoms with Crippen LogP contribution in [0.4, 0.5) is 0 Å². The lowest BCUT2D eigenvalue weighted by atomic mass is 9.96. The van der Waals surface area contributed by atoms with Crippen LogP contribution in [0.25, 0.3) is 10.9 Å². The number of benzene rings is 1. The van der Waals surface area contributed by atoms with Gasteiger partial charge in [-0.2, -0.15) is 0 Å². The Morgan fingerprint density at radius 1 is 1.13 bits per heavy atom. The third kappa shape index (κ3) is 5.58. The maximum Gasteiger partial charge on any atom is 0.326 e. The molecule has 1 aromatic carbocycles. The molecular formula is C21H30N4O5. The van der Waals surface area contributed by atoms with Gasteiger partial charge in [-0.1, -0.05) is 38.5 Å². The maximum absolute atomic E-state index is 12.9. The Hall–Kier alpha value is -2.91. The van der Waals surface area contributed by atoms with Crippen LogP contribution >= 0.6 is 0 Å². The Balaban J connectivity index is 2.17. The summed E-state index contributed by atoms with van der Waals surface area (Å²) in [6.45, 7) is 5.00. The molecule has 0 aliphatic rings. The molecule has 0 saturated heterocycles. The number of H-pyrrole nitrogens is 1. The first kappa shape index (κ1) is 23.4. The third-order valence-corrected chi connectivity index (χ3v) is 5.33. The van der Waals surface area contributed by atoms with Crippen LogP contribution in [0.3, 0.4) is 0 Å². The maximum atomic E-state index is 12.9. The van der Waals surface area contributed by atoms with E-state index in [9.17, 15) is 24.6 Å². The van der Waals surface area contributed by atoms with Gasteiger partial charge in [0, 0.05) is 23.5 Å². The molecule has 5 unspecified atom stereocenters. The van der Waals surface area contributed by atoms with E-state index in [1.165, 1.54) is 6.92 Å². The number of hydrogen-bond donors (Lipinski definition) is 6. The Morgan fingerprint density at radius 2 is 1.80 bits per heavy atom. The number of carboxylic acids is 1. The number of aliphatic carboxylic acids is 1. The highest BCUT2D eigenvalue weighted by Gasteiger charge is 2.32. The van der Waals surface area contributed by atoms with Crippen molar-refractivity contribution in [2.45, 2.75) is 57.8 Å². The van der Waals surface area contributed by atoms with Crippen molar-refractivity contribution < 1.29 is 24.6 Å². The molecule has 9 heteroatoms. The van der Waals surface area contributed by atoms with Crippen molar-refractivity contribution in [1.29, 1.82) is 0 Å². The summed E-state index contributed by atoms with van der Waals surface area (Å²) < 4.78 is 0. The quantitative estimate of drug-likeness (QED) is 0.330. The summed E-state index contributed by atoms with van der Waals surface area (Å²) in [5.41, 5.74) is 7.29. The molecule has 164 valence electrons. The highest BCUT2D eigenvalue weighted by atomic mass is 16.4. The van der Waals surface area contributed by atoms with Crippen LogP contribution < -0.4 is 16.4 Å². The van der Waals surface area contributed by atoms with Gasteiger partial charge in [-0.25, -0.2) is 4.79 Å². The lowest BCUT2D eigenvalue weighted by Crippen LogP contribution is -2.58. The van der Waals surface area contributed by atoms with Crippen molar-refractivity contribution in [2.75, 3.05) is 0 Å². The minimum Gasteiger partial charge on any atom is -0.480 e. The van der Waals surface area contributed by atoms with Crippen LogP contribution in [0.1, 0.15) is 32.8 Å². The minimum absolute atomic E-state index is 0.0828. The van der Waals surface area contributed by atoms with Gasteiger partial charge in [-0.3, -0.25) is 9.59 Å². The molecule has 0 bridgehead atoms. The number of carbonyl (C=O) groups is 3. The van der Waals surface area contributed by atoms with Crippen molar-refractivity contribution in [3.05, 3.63) is 36.0 Å². The standard InChI is InChI=1S/C21H30N4O5/c1-4-11(2)18(25-19(27)17(22)12(3)26)20(28)24-16(21(29)30)9-13-10-23-15-8-6-5-7-14(13)15/h5-8,10-12,16-18,23,26H,4,9,22H2,1-3H3,(H,24,28)(H,25,27)(H,29,30). The zero-order valence-electron chi connectivity index (χ0n) is 17.4. The number of carboxylic acid groups (broad SMARTS) is 1. The summed E-state index contributed by atoms with van der Waals surface area (Å²) in [4.78, 5) is 40.0. The molecule has 2 amide bonds. The second kappa shape index (κ2) is 10.2. The van der Waals surface area contributed by atoms with Gasteiger partial charge >= 0.3 is 5.97 Å². The number of fused-ring (bicyclic) bond motifs is 1. The number of aliphatic hydroxyl groups excluding tert-OH is 1.